The van der Waals surface area contributed by atoms with Crippen molar-refractivity contribution in [2.24, 2.45) is 5.41 Å². The molecule has 0 radical (unpaired) electrons. The summed E-state index contributed by atoms with van der Waals surface area (Å²) in [5, 5.41) is 9.61. The molecule has 2 amide bonds. The van der Waals surface area contributed by atoms with Crippen molar-refractivity contribution < 1.29 is 19.1 Å². The molecule has 10 heteroatoms. The molecule has 3 aromatic rings. The lowest BCUT2D eigenvalue weighted by atomic mass is 9.78. The van der Waals surface area contributed by atoms with Gasteiger partial charge in [-0.05, 0) is 48.4 Å². The number of rotatable bonds is 5. The number of aromatic nitrogens is 3. The van der Waals surface area contributed by atoms with E-state index in [1.807, 2.05) is 48.5 Å². The molecule has 2 saturated heterocycles. The Kier molecular flexibility index (Phi) is 6.49. The van der Waals surface area contributed by atoms with E-state index in [0.29, 0.717) is 29.1 Å². The summed E-state index contributed by atoms with van der Waals surface area (Å²) in [6.07, 6.45) is 3.89. The van der Waals surface area contributed by atoms with Crippen molar-refractivity contribution in [1.29, 1.82) is 0 Å². The number of H-pyrrole nitrogens is 1. The van der Waals surface area contributed by atoms with E-state index in [9.17, 15) is 9.59 Å². The Balaban J connectivity index is 1.11. The smallest absolute Gasteiger partial charge is 0.291 e. The summed E-state index contributed by atoms with van der Waals surface area (Å²) in [5.41, 5.74) is 3.14. The summed E-state index contributed by atoms with van der Waals surface area (Å²) in [6.45, 7) is 3.68. The Bertz CT molecular complexity index is 1310. The molecule has 1 aromatic heterocycles. The predicted octanol–water partition coefficient (Wildman–Crippen LogP) is 2.56. The summed E-state index contributed by atoms with van der Waals surface area (Å²) < 4.78 is 11.6. The van der Waals surface area contributed by atoms with Crippen LogP contribution >= 0.6 is 0 Å². The zero-order valence-corrected chi connectivity index (χ0v) is 21.5. The molecule has 38 heavy (non-hydrogen) atoms. The molecule has 6 rings (SSSR count). The first kappa shape index (κ1) is 24.4. The Hall–Kier alpha value is -3.92. The number of anilines is 2. The molecule has 3 aliphatic rings. The van der Waals surface area contributed by atoms with Crippen LogP contribution < -0.4 is 19.9 Å². The van der Waals surface area contributed by atoms with E-state index in [1.54, 1.807) is 11.9 Å². The van der Waals surface area contributed by atoms with Gasteiger partial charge >= 0.3 is 0 Å². The zero-order chi connectivity index (χ0) is 26.1. The quantitative estimate of drug-likeness (QED) is 0.536. The molecule has 198 valence electrons. The second-order valence-corrected chi connectivity index (χ2v) is 10.4. The van der Waals surface area contributed by atoms with Crippen molar-refractivity contribution in [3.8, 4) is 5.75 Å². The van der Waals surface area contributed by atoms with E-state index >= 15 is 0 Å². The van der Waals surface area contributed by atoms with Crippen LogP contribution in [0.15, 0.2) is 48.5 Å². The molecular weight excluding hydrogens is 484 g/mol. The highest BCUT2D eigenvalue weighted by molar-refractivity contribution is 6.02. The highest BCUT2D eigenvalue weighted by atomic mass is 16.5. The molecule has 0 aliphatic carbocycles. The molecule has 1 spiro atoms. The van der Waals surface area contributed by atoms with Gasteiger partial charge in [0, 0.05) is 38.9 Å². The molecular formula is C28H32N6O4. The molecule has 2 aromatic carbocycles. The van der Waals surface area contributed by atoms with Crippen LogP contribution in [0.25, 0.3) is 0 Å². The van der Waals surface area contributed by atoms with Gasteiger partial charge in [0.15, 0.2) is 0 Å². The van der Waals surface area contributed by atoms with Crippen LogP contribution in [-0.4, -0.2) is 73.0 Å². The van der Waals surface area contributed by atoms with Gasteiger partial charge in [-0.25, -0.2) is 4.98 Å². The summed E-state index contributed by atoms with van der Waals surface area (Å²) in [7, 11) is 1.71. The summed E-state index contributed by atoms with van der Waals surface area (Å²) >= 11 is 0. The fourth-order valence-corrected chi connectivity index (χ4v) is 5.56. The van der Waals surface area contributed by atoms with E-state index in [-0.39, 0.29) is 18.3 Å². The van der Waals surface area contributed by atoms with Gasteiger partial charge in [0.2, 0.25) is 5.82 Å². The number of ether oxygens (including phenoxy) is 2. The van der Waals surface area contributed by atoms with Crippen LogP contribution in [0, 0.1) is 5.41 Å². The van der Waals surface area contributed by atoms with Gasteiger partial charge in [0.25, 0.3) is 11.8 Å². The number of piperidine rings is 1. The van der Waals surface area contributed by atoms with Crippen molar-refractivity contribution in [3.05, 3.63) is 65.7 Å². The molecule has 10 nitrogen and oxygen atoms in total. The Morgan fingerprint density at radius 2 is 1.97 bits per heavy atom. The molecule has 0 saturated carbocycles. The number of aromatic amines is 1. The lowest BCUT2D eigenvalue weighted by Gasteiger charge is -2.39. The lowest BCUT2D eigenvalue weighted by Crippen LogP contribution is -2.49. The van der Waals surface area contributed by atoms with Gasteiger partial charge in [-0.1, -0.05) is 30.3 Å². The summed E-state index contributed by atoms with van der Waals surface area (Å²) in [6, 6.07) is 14.9. The van der Waals surface area contributed by atoms with E-state index in [1.165, 1.54) is 0 Å². The van der Waals surface area contributed by atoms with Gasteiger partial charge in [-0.3, -0.25) is 14.7 Å². The largest absolute Gasteiger partial charge is 0.489 e. The van der Waals surface area contributed by atoms with Crippen molar-refractivity contribution in [3.63, 3.8) is 0 Å². The number of nitrogens with one attached hydrogen (secondary N) is 2. The second-order valence-electron chi connectivity index (χ2n) is 10.4. The molecule has 0 bridgehead atoms. The zero-order valence-electron chi connectivity index (χ0n) is 21.5. The van der Waals surface area contributed by atoms with Crippen molar-refractivity contribution in [2.75, 3.05) is 49.8 Å². The van der Waals surface area contributed by atoms with E-state index in [4.69, 9.17) is 9.47 Å². The first-order valence-corrected chi connectivity index (χ1v) is 13.1. The minimum atomic E-state index is -0.864. The van der Waals surface area contributed by atoms with Gasteiger partial charge in [0.1, 0.15) is 24.2 Å². The molecule has 3 aliphatic heterocycles. The van der Waals surface area contributed by atoms with Crippen LogP contribution in [0.3, 0.4) is 0 Å². The Morgan fingerprint density at radius 1 is 1.16 bits per heavy atom. The topological polar surface area (TPSA) is 113 Å². The number of nitrogens with zero attached hydrogens (tertiary/aromatic N) is 4. The Labute approximate surface area is 221 Å². The van der Waals surface area contributed by atoms with E-state index in [0.717, 1.165) is 56.8 Å². The number of likely N-dealkylation sites (N-methyl/N-ethyl adjacent to an activating group) is 1. The summed E-state index contributed by atoms with van der Waals surface area (Å²) in [4.78, 5) is 34.5. The minimum absolute atomic E-state index is 0.00837. The normalized spacial score (nSPS) is 20.7. The Morgan fingerprint density at radius 3 is 2.74 bits per heavy atom. The average molecular weight is 517 g/mol. The van der Waals surface area contributed by atoms with Gasteiger partial charge in [-0.2, -0.15) is 0 Å². The van der Waals surface area contributed by atoms with Crippen LogP contribution in [0.4, 0.5) is 11.4 Å². The maximum absolute atomic E-state index is 13.3. The average Bonchev–Trinajstić information content (AvgIpc) is 3.59. The monoisotopic (exact) mass is 516 g/mol. The predicted molar refractivity (Wildman–Crippen MR) is 142 cm³/mol. The van der Waals surface area contributed by atoms with Crippen LogP contribution in [0.1, 0.15) is 41.3 Å². The highest BCUT2D eigenvalue weighted by Crippen LogP contribution is 2.41. The number of carbonyl (C=O) groups is 2. The van der Waals surface area contributed by atoms with Crippen molar-refractivity contribution in [2.45, 2.75) is 31.7 Å². The van der Waals surface area contributed by atoms with Gasteiger partial charge in [-0.15, -0.1) is 5.10 Å². The van der Waals surface area contributed by atoms with Crippen LogP contribution in [-0.2, 0) is 16.0 Å². The number of carbonyl (C=O) groups excluding carboxylic acids is 2. The minimum Gasteiger partial charge on any atom is -0.489 e. The van der Waals surface area contributed by atoms with Crippen LogP contribution in [0.2, 0.25) is 0 Å². The van der Waals surface area contributed by atoms with Crippen molar-refractivity contribution >= 4 is 23.2 Å². The SMILES string of the molecule is CN1C(=O)[C@@H](NC(=O)c2n[nH]c(Cc3ccccc3)n2)COc2ccc(N3CCC4(CCOC4)CC3)cc21. The molecule has 2 fully saturated rings. The maximum atomic E-state index is 13.3. The number of amides is 2. The second kappa shape index (κ2) is 10.1. The third-order valence-corrected chi connectivity index (χ3v) is 7.97. The number of benzene rings is 2. The van der Waals surface area contributed by atoms with Gasteiger partial charge < -0.3 is 24.6 Å². The fourth-order valence-electron chi connectivity index (χ4n) is 5.56. The molecule has 0 unspecified atom stereocenters. The van der Waals surface area contributed by atoms with Gasteiger partial charge in [0.05, 0.1) is 12.3 Å². The molecule has 1 atom stereocenters. The lowest BCUT2D eigenvalue weighted by molar-refractivity contribution is -0.120. The number of hydrogen-bond donors (Lipinski definition) is 2. The van der Waals surface area contributed by atoms with E-state index < -0.39 is 11.9 Å². The summed E-state index contributed by atoms with van der Waals surface area (Å²) in [5.74, 6) is 0.398. The number of fused-ring (bicyclic) bond motifs is 1. The first-order chi connectivity index (χ1) is 18.5. The maximum Gasteiger partial charge on any atom is 0.291 e. The highest BCUT2D eigenvalue weighted by Gasteiger charge is 2.38. The standard InChI is InChI=1S/C28H32N6O4/c1-33-22-16-20(34-12-9-28(10-13-34)11-14-37-18-28)7-8-23(22)38-17-21(27(33)36)29-26(35)25-30-24(31-32-25)15-19-5-3-2-4-6-19/h2-8,16,21H,9-15,17-18H2,1H3,(H,29,35)(H,30,31,32)/t21-/m0/s1. The third-order valence-electron chi connectivity index (χ3n) is 7.97. The molecule has 2 N–H and O–H groups in total. The van der Waals surface area contributed by atoms with Crippen LogP contribution in [0.5, 0.6) is 5.75 Å². The number of hydrogen-bond acceptors (Lipinski definition) is 7. The molecule has 4 heterocycles. The van der Waals surface area contributed by atoms with E-state index in [2.05, 4.69) is 25.4 Å². The first-order valence-electron chi connectivity index (χ1n) is 13.1. The third kappa shape index (κ3) is 4.83. The van der Waals surface area contributed by atoms with Crippen molar-refractivity contribution in [1.82, 2.24) is 20.5 Å². The fraction of sp³-hybridized carbons (Fsp3) is 0.429.